The fraction of sp³-hybridized carbons (Fsp3) is 0.364. The van der Waals surface area contributed by atoms with Gasteiger partial charge in [0.25, 0.3) is 5.91 Å². The van der Waals surface area contributed by atoms with E-state index in [4.69, 9.17) is 4.74 Å². The van der Waals surface area contributed by atoms with E-state index in [0.29, 0.717) is 18.7 Å². The Balaban J connectivity index is 1.30. The summed E-state index contributed by atoms with van der Waals surface area (Å²) in [5.41, 5.74) is 2.40. The molecule has 0 saturated carbocycles. The molecule has 1 N–H and O–H groups in total. The molecule has 0 bridgehead atoms. The number of likely N-dealkylation sites (N-methyl/N-ethyl adjacent to an activating group) is 1. The summed E-state index contributed by atoms with van der Waals surface area (Å²) in [7, 11) is 3.76. The van der Waals surface area contributed by atoms with Crippen LogP contribution in [-0.2, 0) is 6.42 Å². The number of hydrogen-bond donors (Lipinski definition) is 1. The number of methoxy groups -OCH3 is 1. The van der Waals surface area contributed by atoms with E-state index < -0.39 is 0 Å². The number of carbonyl (C=O) groups is 1. The molecule has 2 aromatic heterocycles. The minimum Gasteiger partial charge on any atom is -0.497 e. The average molecular weight is 439 g/mol. The zero-order valence-electron chi connectivity index (χ0n) is 17.7. The molecule has 1 saturated heterocycles. The number of thiazole rings is 1. The van der Waals surface area contributed by atoms with Crippen molar-refractivity contribution in [3.05, 3.63) is 53.4 Å². The first kappa shape index (κ1) is 21.2. The van der Waals surface area contributed by atoms with Gasteiger partial charge in [0.15, 0.2) is 0 Å². The SMILES string of the molecule is COc1ccc(-c2nc(CCNC(=O)c3cc(N4CCN(C)CC4)ncn3)cs2)cc1. The lowest BCUT2D eigenvalue weighted by atomic mass is 10.2. The summed E-state index contributed by atoms with van der Waals surface area (Å²) in [6, 6.07) is 9.61. The highest BCUT2D eigenvalue weighted by Gasteiger charge is 2.17. The second kappa shape index (κ2) is 9.84. The van der Waals surface area contributed by atoms with Crippen molar-refractivity contribution in [1.82, 2.24) is 25.2 Å². The fourth-order valence-corrected chi connectivity index (χ4v) is 4.22. The van der Waals surface area contributed by atoms with E-state index in [1.165, 1.54) is 6.33 Å². The summed E-state index contributed by atoms with van der Waals surface area (Å²) in [6.45, 7) is 4.26. The maximum atomic E-state index is 12.6. The van der Waals surface area contributed by atoms with Crippen LogP contribution in [0.1, 0.15) is 16.2 Å². The van der Waals surface area contributed by atoms with Crippen LogP contribution in [0.4, 0.5) is 5.82 Å². The lowest BCUT2D eigenvalue weighted by molar-refractivity contribution is 0.0949. The molecule has 0 atom stereocenters. The van der Waals surface area contributed by atoms with E-state index in [-0.39, 0.29) is 5.91 Å². The average Bonchev–Trinajstić information content (AvgIpc) is 3.28. The van der Waals surface area contributed by atoms with Gasteiger partial charge in [-0.25, -0.2) is 15.0 Å². The summed E-state index contributed by atoms with van der Waals surface area (Å²) in [6.07, 6.45) is 2.12. The van der Waals surface area contributed by atoms with Crippen molar-refractivity contribution in [1.29, 1.82) is 0 Å². The Hall–Kier alpha value is -3.04. The van der Waals surface area contributed by atoms with Crippen LogP contribution in [0.5, 0.6) is 5.75 Å². The number of hydrogen-bond acceptors (Lipinski definition) is 8. The highest BCUT2D eigenvalue weighted by molar-refractivity contribution is 7.13. The molecule has 1 amide bonds. The number of amides is 1. The van der Waals surface area contributed by atoms with Gasteiger partial charge < -0.3 is 19.9 Å². The fourth-order valence-electron chi connectivity index (χ4n) is 3.36. The van der Waals surface area contributed by atoms with Gasteiger partial charge in [-0.3, -0.25) is 4.79 Å². The number of piperazine rings is 1. The smallest absolute Gasteiger partial charge is 0.270 e. The van der Waals surface area contributed by atoms with Gasteiger partial charge >= 0.3 is 0 Å². The number of nitrogens with one attached hydrogen (secondary N) is 1. The molecule has 0 radical (unpaired) electrons. The first-order valence-electron chi connectivity index (χ1n) is 10.2. The summed E-state index contributed by atoms with van der Waals surface area (Å²) in [4.78, 5) is 30.2. The van der Waals surface area contributed by atoms with Crippen molar-refractivity contribution < 1.29 is 9.53 Å². The van der Waals surface area contributed by atoms with Crippen LogP contribution in [0.3, 0.4) is 0 Å². The maximum absolute atomic E-state index is 12.6. The molecule has 1 aliphatic rings. The van der Waals surface area contributed by atoms with E-state index in [2.05, 4.69) is 37.1 Å². The maximum Gasteiger partial charge on any atom is 0.270 e. The summed E-state index contributed by atoms with van der Waals surface area (Å²) < 4.78 is 5.20. The number of aromatic nitrogens is 3. The predicted octanol–water partition coefficient (Wildman–Crippen LogP) is 2.33. The molecule has 1 aliphatic heterocycles. The molecule has 0 unspecified atom stereocenters. The largest absolute Gasteiger partial charge is 0.497 e. The van der Waals surface area contributed by atoms with Gasteiger partial charge in [-0.1, -0.05) is 0 Å². The van der Waals surface area contributed by atoms with Crippen molar-refractivity contribution in [2.45, 2.75) is 6.42 Å². The van der Waals surface area contributed by atoms with Crippen molar-refractivity contribution >= 4 is 23.1 Å². The van der Waals surface area contributed by atoms with E-state index >= 15 is 0 Å². The summed E-state index contributed by atoms with van der Waals surface area (Å²) in [5, 5.41) is 5.93. The van der Waals surface area contributed by atoms with Gasteiger partial charge in [0.1, 0.15) is 28.6 Å². The Labute approximate surface area is 185 Å². The monoisotopic (exact) mass is 438 g/mol. The number of ether oxygens (including phenoxy) is 1. The van der Waals surface area contributed by atoms with E-state index in [1.54, 1.807) is 24.5 Å². The quantitative estimate of drug-likeness (QED) is 0.606. The van der Waals surface area contributed by atoms with Crippen LogP contribution >= 0.6 is 11.3 Å². The number of benzene rings is 1. The van der Waals surface area contributed by atoms with Crippen molar-refractivity contribution in [2.75, 3.05) is 51.8 Å². The van der Waals surface area contributed by atoms with Gasteiger partial charge in [-0.05, 0) is 31.3 Å². The number of anilines is 1. The van der Waals surface area contributed by atoms with E-state index in [1.807, 2.05) is 29.6 Å². The normalized spacial score (nSPS) is 14.5. The van der Waals surface area contributed by atoms with Crippen LogP contribution < -0.4 is 15.0 Å². The van der Waals surface area contributed by atoms with E-state index in [0.717, 1.165) is 54.0 Å². The van der Waals surface area contributed by atoms with Gasteiger partial charge in [0, 0.05) is 56.2 Å². The number of carbonyl (C=O) groups excluding carboxylic acids is 1. The molecule has 1 aromatic carbocycles. The lowest BCUT2D eigenvalue weighted by Crippen LogP contribution is -2.45. The third kappa shape index (κ3) is 5.36. The molecule has 3 aromatic rings. The zero-order chi connectivity index (χ0) is 21.6. The second-order valence-electron chi connectivity index (χ2n) is 7.43. The van der Waals surface area contributed by atoms with Gasteiger partial charge in [0.2, 0.25) is 0 Å². The Bertz CT molecular complexity index is 1010. The third-order valence-corrected chi connectivity index (χ3v) is 6.21. The van der Waals surface area contributed by atoms with Crippen LogP contribution in [0, 0.1) is 0 Å². The highest BCUT2D eigenvalue weighted by atomic mass is 32.1. The zero-order valence-corrected chi connectivity index (χ0v) is 18.6. The number of nitrogens with zero attached hydrogens (tertiary/aromatic N) is 5. The molecule has 3 heterocycles. The van der Waals surface area contributed by atoms with Crippen LogP contribution in [-0.4, -0.2) is 72.6 Å². The Morgan fingerprint density at radius 1 is 1.16 bits per heavy atom. The molecule has 8 nitrogen and oxygen atoms in total. The van der Waals surface area contributed by atoms with Crippen molar-refractivity contribution in [2.24, 2.45) is 0 Å². The second-order valence-corrected chi connectivity index (χ2v) is 8.29. The summed E-state index contributed by atoms with van der Waals surface area (Å²) in [5.74, 6) is 1.43. The molecule has 162 valence electrons. The Kier molecular flexibility index (Phi) is 6.73. The van der Waals surface area contributed by atoms with Crippen LogP contribution in [0.25, 0.3) is 10.6 Å². The van der Waals surface area contributed by atoms with Crippen LogP contribution in [0.2, 0.25) is 0 Å². The molecule has 31 heavy (non-hydrogen) atoms. The molecule has 0 aliphatic carbocycles. The minimum absolute atomic E-state index is 0.191. The van der Waals surface area contributed by atoms with Crippen molar-refractivity contribution in [3.63, 3.8) is 0 Å². The van der Waals surface area contributed by atoms with Gasteiger partial charge in [-0.15, -0.1) is 11.3 Å². The standard InChI is InChI=1S/C22H26N6O2S/c1-27-9-11-28(12-10-27)20-13-19(24-15-25-20)21(29)23-8-7-17-14-31-22(26-17)16-3-5-18(30-2)6-4-16/h3-6,13-15H,7-12H2,1-2H3,(H,23,29). The molecular formula is C22H26N6O2S. The molecular weight excluding hydrogens is 412 g/mol. The Morgan fingerprint density at radius 3 is 2.68 bits per heavy atom. The van der Waals surface area contributed by atoms with Gasteiger partial charge in [0.05, 0.1) is 12.8 Å². The van der Waals surface area contributed by atoms with E-state index in [9.17, 15) is 4.79 Å². The predicted molar refractivity (Wildman–Crippen MR) is 122 cm³/mol. The Morgan fingerprint density at radius 2 is 1.94 bits per heavy atom. The van der Waals surface area contributed by atoms with Crippen molar-refractivity contribution in [3.8, 4) is 16.3 Å². The first-order valence-corrected chi connectivity index (χ1v) is 11.1. The first-order chi connectivity index (χ1) is 15.1. The van der Waals surface area contributed by atoms with Gasteiger partial charge in [-0.2, -0.15) is 0 Å². The number of rotatable bonds is 7. The topological polar surface area (TPSA) is 83.5 Å². The molecule has 1 fully saturated rings. The lowest BCUT2D eigenvalue weighted by Gasteiger charge is -2.33. The summed E-state index contributed by atoms with van der Waals surface area (Å²) >= 11 is 1.60. The molecule has 4 rings (SSSR count). The molecule has 9 heteroatoms. The minimum atomic E-state index is -0.191. The third-order valence-electron chi connectivity index (χ3n) is 5.27. The van der Waals surface area contributed by atoms with Crippen LogP contribution in [0.15, 0.2) is 42.0 Å². The molecule has 0 spiro atoms. The highest BCUT2D eigenvalue weighted by Crippen LogP contribution is 2.25.